The first-order valence-electron chi connectivity index (χ1n) is 12.7. The summed E-state index contributed by atoms with van der Waals surface area (Å²) in [5.41, 5.74) is 2.89. The second-order valence-electron chi connectivity index (χ2n) is 10.5. The van der Waals surface area contributed by atoms with Crippen molar-refractivity contribution >= 4 is 7.37 Å². The van der Waals surface area contributed by atoms with Crippen molar-refractivity contribution in [3.8, 4) is 22.9 Å². The van der Waals surface area contributed by atoms with Crippen molar-refractivity contribution in [2.45, 2.75) is 46.5 Å². The quantitative estimate of drug-likeness (QED) is 0.248. The molecule has 8 nitrogen and oxygen atoms in total. The smallest absolute Gasteiger partial charge is 0.213 e. The van der Waals surface area contributed by atoms with Gasteiger partial charge in [0.2, 0.25) is 19.1 Å². The highest BCUT2D eigenvalue weighted by Crippen LogP contribution is 2.46. The molecule has 0 aliphatic heterocycles. The molecule has 0 fully saturated rings. The highest BCUT2D eigenvalue weighted by Gasteiger charge is 2.30. The Hall–Kier alpha value is -2.84. The fourth-order valence-corrected chi connectivity index (χ4v) is 5.95. The number of benzene rings is 1. The molecule has 0 saturated carbocycles. The first-order chi connectivity index (χ1) is 18.4. The predicted octanol–water partition coefficient (Wildman–Crippen LogP) is 6.58. The molecule has 0 radical (unpaired) electrons. The van der Waals surface area contributed by atoms with Crippen molar-refractivity contribution in [2.75, 3.05) is 33.7 Å². The van der Waals surface area contributed by atoms with Crippen LogP contribution in [-0.4, -0.2) is 48.7 Å². The van der Waals surface area contributed by atoms with Crippen LogP contribution in [0.4, 0.5) is 4.39 Å². The molecule has 2 heterocycles. The summed E-state index contributed by atoms with van der Waals surface area (Å²) in [6.07, 6.45) is 1.34. The SMILES string of the molecule is CCOP(C)(=O)C[C@@H](O)c1ccnc(OCc2ccc(-c3cc(OC)ncc3F)c([C@@H](OC)C(C)(C)C)c2)c1. The summed E-state index contributed by atoms with van der Waals surface area (Å²) in [6, 6.07) is 10.5. The molecule has 0 bridgehead atoms. The molecule has 1 aromatic carbocycles. The van der Waals surface area contributed by atoms with Gasteiger partial charge >= 0.3 is 0 Å². The summed E-state index contributed by atoms with van der Waals surface area (Å²) in [4.78, 5) is 8.21. The molecule has 0 aliphatic rings. The summed E-state index contributed by atoms with van der Waals surface area (Å²) in [6.45, 7) is 9.93. The minimum absolute atomic E-state index is 0.00330. The third-order valence-corrected chi connectivity index (χ3v) is 8.00. The van der Waals surface area contributed by atoms with E-state index in [0.717, 1.165) is 17.3 Å². The van der Waals surface area contributed by atoms with Crippen molar-refractivity contribution in [3.63, 3.8) is 0 Å². The Bertz CT molecular complexity index is 1310. The number of pyridine rings is 2. The molecular formula is C29H38FN2O6P. The van der Waals surface area contributed by atoms with Crippen LogP contribution >= 0.6 is 7.37 Å². The Morgan fingerprint density at radius 3 is 2.44 bits per heavy atom. The van der Waals surface area contributed by atoms with Crippen LogP contribution in [0.25, 0.3) is 11.1 Å². The predicted molar refractivity (Wildman–Crippen MR) is 149 cm³/mol. The van der Waals surface area contributed by atoms with Gasteiger partial charge in [0.25, 0.3) is 0 Å². The standard InChI is InChI=1S/C29H38FN2O6P/c1-8-38-39(7,34)18-25(33)20-11-12-31-27(14-20)37-17-19-9-10-21(22-15-26(35-5)32-16-24(22)30)23(13-19)28(36-6)29(2,3)4/h9-16,25,28,33H,8,17-18H2,1-7H3/t25-,28-,39?/m1/s1. The van der Waals surface area contributed by atoms with Gasteiger partial charge in [0.05, 0.1) is 38.3 Å². The molecule has 1 unspecified atom stereocenters. The molecule has 1 N–H and O–H groups in total. The van der Waals surface area contributed by atoms with E-state index < -0.39 is 19.3 Å². The molecule has 3 rings (SSSR count). The minimum atomic E-state index is -2.93. The van der Waals surface area contributed by atoms with Crippen molar-refractivity contribution in [2.24, 2.45) is 5.41 Å². The Morgan fingerprint density at radius 1 is 1.05 bits per heavy atom. The van der Waals surface area contributed by atoms with Gasteiger partial charge in [0.1, 0.15) is 12.4 Å². The van der Waals surface area contributed by atoms with Gasteiger partial charge in [-0.2, -0.15) is 0 Å². The lowest BCUT2D eigenvalue weighted by Crippen LogP contribution is -2.21. The number of aliphatic hydroxyl groups excluding tert-OH is 1. The maximum absolute atomic E-state index is 14.9. The second-order valence-corrected chi connectivity index (χ2v) is 13.1. The van der Waals surface area contributed by atoms with E-state index in [1.165, 1.54) is 20.0 Å². The average molecular weight is 561 g/mol. The van der Waals surface area contributed by atoms with Crippen LogP contribution in [0.3, 0.4) is 0 Å². The summed E-state index contributed by atoms with van der Waals surface area (Å²) < 4.78 is 49.8. The van der Waals surface area contributed by atoms with Gasteiger partial charge in [0.15, 0.2) is 0 Å². The van der Waals surface area contributed by atoms with Gasteiger partial charge in [-0.15, -0.1) is 0 Å². The zero-order chi connectivity index (χ0) is 28.8. The normalized spacial score (nSPS) is 14.9. The van der Waals surface area contributed by atoms with Crippen LogP contribution in [0.5, 0.6) is 11.8 Å². The van der Waals surface area contributed by atoms with E-state index in [-0.39, 0.29) is 24.3 Å². The number of halogens is 1. The monoisotopic (exact) mass is 560 g/mol. The number of rotatable bonds is 12. The van der Waals surface area contributed by atoms with Crippen molar-refractivity contribution in [1.29, 1.82) is 0 Å². The van der Waals surface area contributed by atoms with Gasteiger partial charge in [-0.25, -0.2) is 14.4 Å². The van der Waals surface area contributed by atoms with Crippen LogP contribution in [0.15, 0.2) is 48.8 Å². The molecule has 0 saturated heterocycles. The Labute approximate surface area is 230 Å². The largest absolute Gasteiger partial charge is 0.481 e. The van der Waals surface area contributed by atoms with Crippen molar-refractivity contribution in [1.82, 2.24) is 9.97 Å². The van der Waals surface area contributed by atoms with Crippen LogP contribution in [0.1, 0.15) is 56.6 Å². The van der Waals surface area contributed by atoms with Gasteiger partial charge in [-0.1, -0.05) is 32.9 Å². The Morgan fingerprint density at radius 2 is 1.79 bits per heavy atom. The van der Waals surface area contributed by atoms with Gasteiger partial charge in [-0.3, -0.25) is 4.57 Å². The molecule has 0 amide bonds. The number of aromatic nitrogens is 2. The van der Waals surface area contributed by atoms with E-state index in [4.69, 9.17) is 18.7 Å². The van der Waals surface area contributed by atoms with Crippen LogP contribution < -0.4 is 9.47 Å². The van der Waals surface area contributed by atoms with E-state index in [0.29, 0.717) is 35.1 Å². The summed E-state index contributed by atoms with van der Waals surface area (Å²) in [5.74, 6) is 0.150. The van der Waals surface area contributed by atoms with Crippen LogP contribution in [0.2, 0.25) is 0 Å². The first-order valence-corrected chi connectivity index (χ1v) is 15.0. The van der Waals surface area contributed by atoms with E-state index >= 15 is 0 Å². The summed E-state index contributed by atoms with van der Waals surface area (Å²) in [7, 11) is 0.194. The first kappa shape index (κ1) is 30.7. The van der Waals surface area contributed by atoms with Crippen LogP contribution in [0, 0.1) is 11.2 Å². The Kier molecular flexibility index (Phi) is 10.2. The van der Waals surface area contributed by atoms with E-state index in [1.54, 1.807) is 32.2 Å². The number of hydrogen-bond acceptors (Lipinski definition) is 8. The second kappa shape index (κ2) is 13.0. The molecular weight excluding hydrogens is 522 g/mol. The molecule has 2 aromatic heterocycles. The molecule has 0 aliphatic carbocycles. The van der Waals surface area contributed by atoms with E-state index in [9.17, 15) is 14.1 Å². The van der Waals surface area contributed by atoms with Gasteiger partial charge < -0.3 is 23.8 Å². The third-order valence-electron chi connectivity index (χ3n) is 6.19. The zero-order valence-electron chi connectivity index (χ0n) is 23.6. The molecule has 212 valence electrons. The molecule has 10 heteroatoms. The molecule has 3 aromatic rings. The maximum Gasteiger partial charge on any atom is 0.213 e. The number of hydrogen-bond donors (Lipinski definition) is 1. The Balaban J connectivity index is 1.91. The summed E-state index contributed by atoms with van der Waals surface area (Å²) >= 11 is 0. The third kappa shape index (κ3) is 8.08. The molecule has 0 spiro atoms. The average Bonchev–Trinajstić information content (AvgIpc) is 2.87. The lowest BCUT2D eigenvalue weighted by atomic mass is 9.81. The van der Waals surface area contributed by atoms with Gasteiger partial charge in [-0.05, 0) is 46.7 Å². The topological polar surface area (TPSA) is 100 Å². The van der Waals surface area contributed by atoms with Crippen molar-refractivity contribution < 1.29 is 32.8 Å². The fourth-order valence-electron chi connectivity index (χ4n) is 4.46. The maximum atomic E-state index is 14.9. The molecule has 3 atom stereocenters. The molecule has 39 heavy (non-hydrogen) atoms. The lowest BCUT2D eigenvalue weighted by Gasteiger charge is -2.32. The minimum Gasteiger partial charge on any atom is -0.481 e. The fraction of sp³-hybridized carbons (Fsp3) is 0.448. The number of ether oxygens (including phenoxy) is 3. The van der Waals surface area contributed by atoms with E-state index in [1.807, 2.05) is 18.2 Å². The number of aliphatic hydroxyl groups is 1. The highest BCUT2D eigenvalue weighted by atomic mass is 31.2. The zero-order valence-corrected chi connectivity index (χ0v) is 24.5. The lowest BCUT2D eigenvalue weighted by molar-refractivity contribution is 0.0155. The highest BCUT2D eigenvalue weighted by molar-refractivity contribution is 7.58. The summed E-state index contributed by atoms with van der Waals surface area (Å²) in [5, 5.41) is 10.6. The van der Waals surface area contributed by atoms with Gasteiger partial charge in [0, 0.05) is 37.7 Å². The van der Waals surface area contributed by atoms with Crippen LogP contribution in [-0.2, 0) is 20.4 Å². The number of methoxy groups -OCH3 is 2. The number of nitrogens with zero attached hydrogens (tertiary/aromatic N) is 2. The van der Waals surface area contributed by atoms with E-state index in [2.05, 4.69) is 30.7 Å². The van der Waals surface area contributed by atoms with Crippen molar-refractivity contribution in [3.05, 3.63) is 71.3 Å².